The normalized spacial score (nSPS) is 62.4. The highest BCUT2D eigenvalue weighted by Crippen LogP contribution is 2.79. The lowest BCUT2D eigenvalue weighted by Gasteiger charge is -2.69. The highest BCUT2D eigenvalue weighted by atomic mass is 16.5. The maximum absolute atomic E-state index is 12.5. The molecule has 6 fully saturated rings. The van der Waals surface area contributed by atoms with Gasteiger partial charge in [-0.1, -0.05) is 6.92 Å². The monoisotopic (exact) mass is 453 g/mol. The molecule has 32 heavy (non-hydrogen) atoms. The van der Waals surface area contributed by atoms with Crippen LogP contribution in [0.4, 0.5) is 0 Å². The first-order valence-corrected chi connectivity index (χ1v) is 12.3. The van der Waals surface area contributed by atoms with Crippen molar-refractivity contribution in [1.29, 1.82) is 0 Å². The number of nitrogens with zero attached hydrogens (tertiary/aromatic N) is 1. The summed E-state index contributed by atoms with van der Waals surface area (Å²) in [6.07, 6.45) is -1.22. The van der Waals surface area contributed by atoms with E-state index in [9.17, 15) is 20.4 Å². The van der Waals surface area contributed by atoms with Gasteiger partial charge in [-0.2, -0.15) is 0 Å². The van der Waals surface area contributed by atoms with Crippen molar-refractivity contribution in [3.63, 3.8) is 0 Å². The Balaban J connectivity index is 1.64. The SMILES string of the molecule is CCN1C[C@]2(COC)CC[C@H](O)C34C1C([C@H](OC)[C@@H]32)[C@]1(O)[C@H]2[C@@H](O)[C@H](C[C@H]24)[C@@H](OC)[C@@H]1O. The third kappa shape index (κ3) is 2.07. The zero-order valence-corrected chi connectivity index (χ0v) is 19.6. The molecule has 0 aromatic heterocycles. The minimum absolute atomic E-state index is 0.000250. The third-order valence-electron chi connectivity index (χ3n) is 11.2. The molecule has 4 N–H and O–H groups in total. The molecule has 0 radical (unpaired) electrons. The molecule has 0 aromatic carbocycles. The molecular formula is C24H39NO7. The Kier molecular flexibility index (Phi) is 4.76. The smallest absolute Gasteiger partial charge is 0.110 e. The Morgan fingerprint density at radius 3 is 2.38 bits per heavy atom. The Labute approximate surface area is 189 Å². The largest absolute Gasteiger partial charge is 0.392 e. The van der Waals surface area contributed by atoms with Crippen molar-refractivity contribution >= 4 is 0 Å². The number of hydrogen-bond acceptors (Lipinski definition) is 8. The van der Waals surface area contributed by atoms with Crippen molar-refractivity contribution in [1.82, 2.24) is 4.90 Å². The molecule has 0 aromatic rings. The molecule has 1 saturated heterocycles. The van der Waals surface area contributed by atoms with Gasteiger partial charge in [0.05, 0.1) is 31.0 Å². The Hall–Kier alpha value is -0.320. The van der Waals surface area contributed by atoms with Crippen LogP contribution in [0, 0.1) is 40.4 Å². The summed E-state index contributed by atoms with van der Waals surface area (Å²) in [6.45, 7) is 4.33. The second kappa shape index (κ2) is 6.88. The second-order valence-corrected chi connectivity index (χ2v) is 11.6. The summed E-state index contributed by atoms with van der Waals surface area (Å²) >= 11 is 0. The Bertz CT molecular complexity index is 783. The number of aliphatic hydroxyl groups is 4. The first kappa shape index (κ1) is 22.2. The van der Waals surface area contributed by atoms with Crippen molar-refractivity contribution < 1.29 is 34.6 Å². The summed E-state index contributed by atoms with van der Waals surface area (Å²) in [5, 5.41) is 47.3. The zero-order valence-electron chi connectivity index (χ0n) is 19.6. The van der Waals surface area contributed by atoms with Crippen LogP contribution in [0.3, 0.4) is 0 Å². The van der Waals surface area contributed by atoms with E-state index in [2.05, 4.69) is 11.8 Å². The van der Waals surface area contributed by atoms with Crippen LogP contribution in [0.1, 0.15) is 26.2 Å². The minimum Gasteiger partial charge on any atom is -0.392 e. The van der Waals surface area contributed by atoms with E-state index in [1.807, 2.05) is 0 Å². The van der Waals surface area contributed by atoms with E-state index in [0.717, 1.165) is 19.5 Å². The molecule has 6 rings (SSSR count). The Morgan fingerprint density at radius 1 is 1.03 bits per heavy atom. The van der Waals surface area contributed by atoms with Gasteiger partial charge in [0.1, 0.15) is 11.7 Å². The number of fused-ring (bicyclic) bond motifs is 2. The summed E-state index contributed by atoms with van der Waals surface area (Å²) in [5.41, 5.74) is -2.24. The molecule has 8 nitrogen and oxygen atoms in total. The van der Waals surface area contributed by atoms with Gasteiger partial charge in [-0.15, -0.1) is 0 Å². The molecule has 7 bridgehead atoms. The average molecular weight is 454 g/mol. The summed E-state index contributed by atoms with van der Waals surface area (Å²) in [4.78, 5) is 2.42. The van der Waals surface area contributed by atoms with Crippen molar-refractivity contribution in [3.8, 4) is 0 Å². The summed E-state index contributed by atoms with van der Waals surface area (Å²) in [7, 11) is 4.98. The third-order valence-corrected chi connectivity index (χ3v) is 11.2. The molecule has 1 heterocycles. The number of methoxy groups -OCH3 is 3. The van der Waals surface area contributed by atoms with Gasteiger partial charge < -0.3 is 34.6 Å². The maximum atomic E-state index is 12.5. The lowest BCUT2D eigenvalue weighted by atomic mass is 9.43. The highest BCUT2D eigenvalue weighted by Gasteiger charge is 2.87. The molecule has 5 saturated carbocycles. The first-order chi connectivity index (χ1) is 15.3. The van der Waals surface area contributed by atoms with Gasteiger partial charge in [-0.3, -0.25) is 4.90 Å². The van der Waals surface area contributed by atoms with Crippen LogP contribution in [-0.2, 0) is 14.2 Å². The second-order valence-electron chi connectivity index (χ2n) is 11.6. The van der Waals surface area contributed by atoms with Gasteiger partial charge in [-0.05, 0) is 31.7 Å². The number of ether oxygens (including phenoxy) is 3. The molecule has 0 amide bonds. The fourth-order valence-electron chi connectivity index (χ4n) is 10.7. The van der Waals surface area contributed by atoms with Gasteiger partial charge in [0.15, 0.2) is 0 Å². The minimum atomic E-state index is -1.54. The van der Waals surface area contributed by atoms with Gasteiger partial charge in [0, 0.05) is 68.4 Å². The van der Waals surface area contributed by atoms with E-state index in [4.69, 9.17) is 14.2 Å². The molecule has 3 unspecified atom stereocenters. The lowest BCUT2D eigenvalue weighted by Crippen LogP contribution is -2.78. The van der Waals surface area contributed by atoms with Crippen LogP contribution in [0.2, 0.25) is 0 Å². The Morgan fingerprint density at radius 2 is 1.75 bits per heavy atom. The number of rotatable bonds is 5. The van der Waals surface area contributed by atoms with Crippen LogP contribution < -0.4 is 0 Å². The van der Waals surface area contributed by atoms with E-state index < -0.39 is 47.3 Å². The molecule has 14 atom stereocenters. The number of aliphatic hydroxyl groups excluding tert-OH is 3. The van der Waals surface area contributed by atoms with Crippen molar-refractivity contribution in [2.45, 2.75) is 68.3 Å². The fourth-order valence-corrected chi connectivity index (χ4v) is 10.7. The van der Waals surface area contributed by atoms with E-state index >= 15 is 0 Å². The van der Waals surface area contributed by atoms with E-state index in [0.29, 0.717) is 19.4 Å². The fraction of sp³-hybridized carbons (Fsp3) is 1.00. The van der Waals surface area contributed by atoms with Crippen LogP contribution in [0.15, 0.2) is 0 Å². The first-order valence-electron chi connectivity index (χ1n) is 12.3. The van der Waals surface area contributed by atoms with Crippen molar-refractivity contribution in [2.24, 2.45) is 40.4 Å². The molecule has 6 aliphatic rings. The van der Waals surface area contributed by atoms with Gasteiger partial charge in [0.2, 0.25) is 0 Å². The molecule has 5 aliphatic carbocycles. The quantitative estimate of drug-likeness (QED) is 0.440. The van der Waals surface area contributed by atoms with E-state index in [-0.39, 0.29) is 35.3 Å². The highest BCUT2D eigenvalue weighted by molar-refractivity contribution is 5.36. The maximum Gasteiger partial charge on any atom is 0.110 e. The number of piperidine rings is 1. The average Bonchev–Trinajstić information content (AvgIpc) is 3.19. The summed E-state index contributed by atoms with van der Waals surface area (Å²) < 4.78 is 17.7. The molecular weight excluding hydrogens is 414 g/mol. The predicted octanol–water partition coefficient (Wildman–Crippen LogP) is -0.527. The van der Waals surface area contributed by atoms with Gasteiger partial charge in [-0.25, -0.2) is 0 Å². The number of hydrogen-bond donors (Lipinski definition) is 4. The molecule has 182 valence electrons. The standard InChI is InChI=1S/C24H39NO7/c1-5-25-9-22(10-30-2)7-6-13(26)23-12-8-11-16(27)14(12)24(29,21(28)17(11)31-3)15(20(23)25)18(32-4)19(22)23/h11-21,26-29H,5-10H2,1-4H3/t11-,12+,13-,14+,15?,16-,17+,18-,19+,20?,21-,22-,23?,24+/m0/s1. The zero-order chi connectivity index (χ0) is 22.8. The summed E-state index contributed by atoms with van der Waals surface area (Å²) in [6, 6.07) is -0.120. The van der Waals surface area contributed by atoms with Crippen molar-refractivity contribution in [3.05, 3.63) is 0 Å². The van der Waals surface area contributed by atoms with Crippen LogP contribution >= 0.6 is 0 Å². The predicted molar refractivity (Wildman–Crippen MR) is 114 cm³/mol. The molecule has 1 aliphatic heterocycles. The van der Waals surface area contributed by atoms with Crippen molar-refractivity contribution in [2.75, 3.05) is 41.0 Å². The lowest BCUT2D eigenvalue weighted by molar-refractivity contribution is -0.297. The van der Waals surface area contributed by atoms with Gasteiger partial charge >= 0.3 is 0 Å². The van der Waals surface area contributed by atoms with Crippen LogP contribution in [-0.4, -0.2) is 109 Å². The number of likely N-dealkylation sites (tertiary alicyclic amines) is 1. The topological polar surface area (TPSA) is 112 Å². The van der Waals surface area contributed by atoms with Crippen LogP contribution in [0.5, 0.6) is 0 Å². The molecule has 8 heteroatoms. The van der Waals surface area contributed by atoms with E-state index in [1.165, 1.54) is 0 Å². The van der Waals surface area contributed by atoms with Crippen LogP contribution in [0.25, 0.3) is 0 Å². The molecule has 1 spiro atoms. The summed E-state index contributed by atoms with van der Waals surface area (Å²) in [5.74, 6) is -1.29. The van der Waals surface area contributed by atoms with E-state index in [1.54, 1.807) is 21.3 Å². The van der Waals surface area contributed by atoms with Gasteiger partial charge in [0.25, 0.3) is 0 Å².